The van der Waals surface area contributed by atoms with Crippen molar-refractivity contribution in [3.05, 3.63) is 0 Å². The van der Waals surface area contributed by atoms with Gasteiger partial charge < -0.3 is 20.5 Å². The Bertz CT molecular complexity index is 333. The number of carbonyl (C=O) groups excluding carboxylic acids is 1. The number of urea groups is 1. The number of hydrogen-bond acceptors (Lipinski definition) is 3. The molecular formula is C14H26N2O4. The van der Waals surface area contributed by atoms with E-state index in [0.717, 1.165) is 12.8 Å². The molecular weight excluding hydrogens is 260 g/mol. The number of amides is 2. The molecule has 1 saturated heterocycles. The fourth-order valence-corrected chi connectivity index (χ4v) is 2.42. The predicted octanol–water partition coefficient (Wildman–Crippen LogP) is 1.60. The van der Waals surface area contributed by atoms with Gasteiger partial charge in [0.2, 0.25) is 0 Å². The number of carbonyl (C=O) groups is 2. The van der Waals surface area contributed by atoms with E-state index in [0.29, 0.717) is 13.0 Å². The molecule has 1 rings (SSSR count). The van der Waals surface area contributed by atoms with E-state index in [9.17, 15) is 9.59 Å². The predicted molar refractivity (Wildman–Crippen MR) is 75.6 cm³/mol. The minimum atomic E-state index is -0.862. The van der Waals surface area contributed by atoms with Crippen molar-refractivity contribution in [1.29, 1.82) is 0 Å². The van der Waals surface area contributed by atoms with Crippen molar-refractivity contribution in [1.82, 2.24) is 10.6 Å². The van der Waals surface area contributed by atoms with Gasteiger partial charge in [0.15, 0.2) is 0 Å². The zero-order chi connectivity index (χ0) is 15.1. The second kappa shape index (κ2) is 8.09. The highest BCUT2D eigenvalue weighted by Crippen LogP contribution is 2.13. The van der Waals surface area contributed by atoms with Gasteiger partial charge in [-0.15, -0.1) is 0 Å². The molecule has 0 aliphatic carbocycles. The number of carboxylic acids is 1. The van der Waals surface area contributed by atoms with E-state index in [4.69, 9.17) is 9.84 Å². The minimum absolute atomic E-state index is 0.104. The third-order valence-corrected chi connectivity index (χ3v) is 3.43. The van der Waals surface area contributed by atoms with Crippen LogP contribution in [0.3, 0.4) is 0 Å². The molecule has 20 heavy (non-hydrogen) atoms. The first-order valence-corrected chi connectivity index (χ1v) is 7.27. The third kappa shape index (κ3) is 6.23. The van der Waals surface area contributed by atoms with Crippen molar-refractivity contribution in [3.8, 4) is 0 Å². The molecule has 6 heteroatoms. The summed E-state index contributed by atoms with van der Waals surface area (Å²) in [5.41, 5.74) is 0. The second-order valence-electron chi connectivity index (χ2n) is 5.92. The van der Waals surface area contributed by atoms with Crippen LogP contribution in [-0.2, 0) is 9.53 Å². The van der Waals surface area contributed by atoms with E-state index in [1.165, 1.54) is 0 Å². The van der Waals surface area contributed by atoms with Crippen LogP contribution in [0.25, 0.3) is 0 Å². The molecule has 0 spiro atoms. The smallest absolute Gasteiger partial charge is 0.315 e. The largest absolute Gasteiger partial charge is 0.481 e. The third-order valence-electron chi connectivity index (χ3n) is 3.43. The van der Waals surface area contributed by atoms with Crippen molar-refractivity contribution >= 4 is 12.0 Å². The minimum Gasteiger partial charge on any atom is -0.481 e. The summed E-state index contributed by atoms with van der Waals surface area (Å²) in [7, 11) is 0. The average molecular weight is 286 g/mol. The Balaban J connectivity index is 2.32. The topological polar surface area (TPSA) is 87.7 Å². The van der Waals surface area contributed by atoms with Gasteiger partial charge in [0.25, 0.3) is 0 Å². The molecule has 0 aromatic rings. The maximum Gasteiger partial charge on any atom is 0.315 e. The Labute approximate surface area is 120 Å². The molecule has 3 atom stereocenters. The molecule has 0 bridgehead atoms. The molecule has 6 nitrogen and oxygen atoms in total. The number of carboxylic acid groups (broad SMARTS) is 1. The van der Waals surface area contributed by atoms with Crippen LogP contribution in [0.5, 0.6) is 0 Å². The highest BCUT2D eigenvalue weighted by molar-refractivity contribution is 5.76. The van der Waals surface area contributed by atoms with Gasteiger partial charge in [-0.2, -0.15) is 0 Å². The van der Waals surface area contributed by atoms with Crippen LogP contribution in [-0.4, -0.2) is 42.4 Å². The van der Waals surface area contributed by atoms with Crippen LogP contribution in [0.1, 0.15) is 40.0 Å². The van der Waals surface area contributed by atoms with Gasteiger partial charge in [0, 0.05) is 19.2 Å². The molecule has 0 saturated carbocycles. The standard InChI is InChI=1S/C14H26N2O4/c1-9(2)6-11(13(17)18)8-15-14(19)16-12-4-5-20-10(3)7-12/h9-12H,4-8H2,1-3H3,(H,17,18)(H2,15,16,19). The Hall–Kier alpha value is -1.30. The van der Waals surface area contributed by atoms with Crippen LogP contribution in [0.15, 0.2) is 0 Å². The van der Waals surface area contributed by atoms with E-state index < -0.39 is 11.9 Å². The lowest BCUT2D eigenvalue weighted by Gasteiger charge is -2.28. The number of ether oxygens (including phenoxy) is 1. The maximum atomic E-state index is 11.8. The Morgan fingerprint density at radius 1 is 1.40 bits per heavy atom. The van der Waals surface area contributed by atoms with Gasteiger partial charge in [0.05, 0.1) is 12.0 Å². The SMILES string of the molecule is CC(C)CC(CNC(=O)NC1CCOC(C)C1)C(=O)O. The zero-order valence-electron chi connectivity index (χ0n) is 12.5. The van der Waals surface area contributed by atoms with Gasteiger partial charge >= 0.3 is 12.0 Å². The van der Waals surface area contributed by atoms with Gasteiger partial charge in [-0.3, -0.25) is 4.79 Å². The van der Waals surface area contributed by atoms with Crippen LogP contribution < -0.4 is 10.6 Å². The van der Waals surface area contributed by atoms with Crippen LogP contribution in [0, 0.1) is 11.8 Å². The quantitative estimate of drug-likeness (QED) is 0.692. The molecule has 0 radical (unpaired) electrons. The van der Waals surface area contributed by atoms with Crippen LogP contribution in [0.2, 0.25) is 0 Å². The molecule has 3 unspecified atom stereocenters. The van der Waals surface area contributed by atoms with Crippen molar-refractivity contribution in [3.63, 3.8) is 0 Å². The molecule has 1 heterocycles. The van der Waals surface area contributed by atoms with E-state index in [1.807, 2.05) is 20.8 Å². The Morgan fingerprint density at radius 3 is 2.65 bits per heavy atom. The normalized spacial score (nSPS) is 24.2. The summed E-state index contributed by atoms with van der Waals surface area (Å²) in [4.78, 5) is 22.9. The Morgan fingerprint density at radius 2 is 2.10 bits per heavy atom. The highest BCUT2D eigenvalue weighted by atomic mass is 16.5. The van der Waals surface area contributed by atoms with Crippen molar-refractivity contribution in [2.75, 3.05) is 13.2 Å². The summed E-state index contributed by atoms with van der Waals surface area (Å²) >= 11 is 0. The lowest BCUT2D eigenvalue weighted by atomic mass is 9.97. The molecule has 116 valence electrons. The van der Waals surface area contributed by atoms with E-state index in [-0.39, 0.29) is 30.6 Å². The first kappa shape index (κ1) is 16.8. The molecule has 0 aromatic carbocycles. The average Bonchev–Trinajstić information content (AvgIpc) is 2.33. The number of nitrogens with one attached hydrogen (secondary N) is 2. The van der Waals surface area contributed by atoms with Gasteiger partial charge in [-0.25, -0.2) is 4.79 Å². The second-order valence-corrected chi connectivity index (χ2v) is 5.92. The first-order valence-electron chi connectivity index (χ1n) is 7.27. The van der Waals surface area contributed by atoms with E-state index in [2.05, 4.69) is 10.6 Å². The summed E-state index contributed by atoms with van der Waals surface area (Å²) in [5.74, 6) is -1.11. The molecule has 0 aromatic heterocycles. The first-order chi connectivity index (χ1) is 9.38. The van der Waals surface area contributed by atoms with Gasteiger partial charge in [-0.05, 0) is 32.1 Å². The fourth-order valence-electron chi connectivity index (χ4n) is 2.42. The summed E-state index contributed by atoms with van der Waals surface area (Å²) in [5, 5.41) is 14.6. The van der Waals surface area contributed by atoms with Crippen LogP contribution >= 0.6 is 0 Å². The van der Waals surface area contributed by atoms with E-state index in [1.54, 1.807) is 0 Å². The number of rotatable bonds is 6. The van der Waals surface area contributed by atoms with Crippen LogP contribution in [0.4, 0.5) is 4.79 Å². The van der Waals surface area contributed by atoms with Gasteiger partial charge in [-0.1, -0.05) is 13.8 Å². The summed E-state index contributed by atoms with van der Waals surface area (Å²) in [6.07, 6.45) is 2.31. The van der Waals surface area contributed by atoms with Gasteiger partial charge in [0.1, 0.15) is 0 Å². The zero-order valence-corrected chi connectivity index (χ0v) is 12.5. The monoisotopic (exact) mass is 286 g/mol. The summed E-state index contributed by atoms with van der Waals surface area (Å²) < 4.78 is 5.41. The molecule has 3 N–H and O–H groups in total. The summed E-state index contributed by atoms with van der Waals surface area (Å²) in [6.45, 7) is 6.74. The molecule has 1 fully saturated rings. The molecule has 1 aliphatic heterocycles. The fraction of sp³-hybridized carbons (Fsp3) is 0.857. The summed E-state index contributed by atoms with van der Waals surface area (Å²) in [6, 6.07) is -0.189. The van der Waals surface area contributed by atoms with Crippen molar-refractivity contribution < 1.29 is 19.4 Å². The van der Waals surface area contributed by atoms with Crippen molar-refractivity contribution in [2.45, 2.75) is 52.2 Å². The maximum absolute atomic E-state index is 11.8. The lowest BCUT2D eigenvalue weighted by molar-refractivity contribution is -0.142. The number of aliphatic carboxylic acids is 1. The molecule has 1 aliphatic rings. The number of hydrogen-bond donors (Lipinski definition) is 3. The Kier molecular flexibility index (Phi) is 6.78. The molecule has 2 amide bonds. The van der Waals surface area contributed by atoms with E-state index >= 15 is 0 Å². The highest BCUT2D eigenvalue weighted by Gasteiger charge is 2.23. The van der Waals surface area contributed by atoms with Crippen molar-refractivity contribution in [2.24, 2.45) is 11.8 Å². The lowest BCUT2D eigenvalue weighted by Crippen LogP contribution is -2.47.